The molecule has 1 rings (SSSR count). The summed E-state index contributed by atoms with van der Waals surface area (Å²) < 4.78 is 5.45. The fourth-order valence-electron chi connectivity index (χ4n) is 1.78. The molecule has 2 atom stereocenters. The van der Waals surface area contributed by atoms with Crippen molar-refractivity contribution in [2.45, 2.75) is 19.1 Å². The summed E-state index contributed by atoms with van der Waals surface area (Å²) in [5.74, 6) is 0.479. The molecule has 0 aliphatic carbocycles. The zero-order chi connectivity index (χ0) is 13.5. The molecule has 0 aliphatic rings. The Morgan fingerprint density at radius 3 is 2.56 bits per heavy atom. The first kappa shape index (κ1) is 15.3. The molecule has 0 aliphatic heterocycles. The number of hydrogen-bond acceptors (Lipinski definition) is 3. The van der Waals surface area contributed by atoms with Crippen LogP contribution in [-0.4, -0.2) is 31.1 Å². The van der Waals surface area contributed by atoms with Crippen molar-refractivity contribution in [3.05, 3.63) is 34.9 Å². The van der Waals surface area contributed by atoms with Crippen LogP contribution in [0.2, 0.25) is 5.02 Å². The lowest BCUT2D eigenvalue weighted by Crippen LogP contribution is -2.38. The summed E-state index contributed by atoms with van der Waals surface area (Å²) in [5, 5.41) is 3.61. The van der Waals surface area contributed by atoms with Crippen LogP contribution < -0.4 is 5.32 Å². The van der Waals surface area contributed by atoms with Crippen molar-refractivity contribution in [3.8, 4) is 0 Å². The van der Waals surface area contributed by atoms with Crippen molar-refractivity contribution in [3.63, 3.8) is 0 Å². The van der Waals surface area contributed by atoms with Crippen molar-refractivity contribution >= 4 is 29.3 Å². The molecule has 0 heterocycles. The maximum atomic E-state index is 11.6. The summed E-state index contributed by atoms with van der Waals surface area (Å²) >= 11 is 7.35. The summed E-state index contributed by atoms with van der Waals surface area (Å²) in [6, 6.07) is 7.37. The lowest BCUT2D eigenvalue weighted by molar-refractivity contribution is -0.120. The highest BCUT2D eigenvalue weighted by molar-refractivity contribution is 7.99. The number of rotatable bonds is 6. The smallest absolute Gasteiger partial charge is 0.230 e. The minimum absolute atomic E-state index is 0.0195. The van der Waals surface area contributed by atoms with E-state index in [-0.39, 0.29) is 18.1 Å². The van der Waals surface area contributed by atoms with Gasteiger partial charge in [-0.05, 0) is 30.9 Å². The van der Waals surface area contributed by atoms with E-state index < -0.39 is 0 Å². The molecule has 0 radical (unpaired) electrons. The number of methoxy groups -OCH3 is 1. The predicted octanol–water partition coefficient (Wildman–Crippen LogP) is 2.90. The molecule has 1 aromatic carbocycles. The number of thioether (sulfide) groups is 1. The Hall–Kier alpha value is -0.710. The molecule has 0 unspecified atom stereocenters. The first-order valence-corrected chi connectivity index (χ1v) is 7.42. The Morgan fingerprint density at radius 2 is 2.06 bits per heavy atom. The van der Waals surface area contributed by atoms with Gasteiger partial charge in [-0.15, -0.1) is 0 Å². The molecule has 3 nitrogen and oxygen atoms in total. The number of amides is 1. The predicted molar refractivity (Wildman–Crippen MR) is 77.2 cm³/mol. The van der Waals surface area contributed by atoms with E-state index in [0.29, 0.717) is 10.8 Å². The minimum Gasteiger partial charge on any atom is -0.375 e. The maximum Gasteiger partial charge on any atom is 0.230 e. The van der Waals surface area contributed by atoms with Gasteiger partial charge in [0.2, 0.25) is 5.91 Å². The summed E-state index contributed by atoms with van der Waals surface area (Å²) in [5.41, 5.74) is 0.999. The SMILES string of the molecule is CO[C@H](c1ccc(Cl)cc1)[C@H](C)NC(=O)CSC. The van der Waals surface area contributed by atoms with Gasteiger partial charge in [0.1, 0.15) is 6.10 Å². The third kappa shape index (κ3) is 4.52. The first-order valence-electron chi connectivity index (χ1n) is 5.65. The van der Waals surface area contributed by atoms with Crippen LogP contribution in [0.1, 0.15) is 18.6 Å². The van der Waals surface area contributed by atoms with Gasteiger partial charge in [0.15, 0.2) is 0 Å². The van der Waals surface area contributed by atoms with E-state index in [2.05, 4.69) is 5.32 Å². The van der Waals surface area contributed by atoms with E-state index >= 15 is 0 Å². The topological polar surface area (TPSA) is 38.3 Å². The molecule has 0 bridgehead atoms. The molecule has 100 valence electrons. The van der Waals surface area contributed by atoms with Crippen LogP contribution in [-0.2, 0) is 9.53 Å². The molecule has 1 aromatic rings. The van der Waals surface area contributed by atoms with Crippen LogP contribution in [0.15, 0.2) is 24.3 Å². The molecule has 0 aromatic heterocycles. The van der Waals surface area contributed by atoms with Crippen molar-refractivity contribution in [2.75, 3.05) is 19.1 Å². The molecule has 1 N–H and O–H groups in total. The molecule has 0 spiro atoms. The number of halogens is 1. The zero-order valence-electron chi connectivity index (χ0n) is 10.8. The molecule has 0 fully saturated rings. The highest BCUT2D eigenvalue weighted by Crippen LogP contribution is 2.22. The van der Waals surface area contributed by atoms with Crippen LogP contribution in [0.25, 0.3) is 0 Å². The summed E-state index contributed by atoms with van der Waals surface area (Å²) in [6.07, 6.45) is 1.73. The average molecular weight is 288 g/mol. The van der Waals surface area contributed by atoms with Crippen LogP contribution in [0.3, 0.4) is 0 Å². The van der Waals surface area contributed by atoms with Gasteiger partial charge in [0.25, 0.3) is 0 Å². The highest BCUT2D eigenvalue weighted by atomic mass is 35.5. The van der Waals surface area contributed by atoms with Gasteiger partial charge in [0, 0.05) is 12.1 Å². The summed E-state index contributed by atoms with van der Waals surface area (Å²) in [4.78, 5) is 11.6. The van der Waals surface area contributed by atoms with Gasteiger partial charge in [-0.3, -0.25) is 4.79 Å². The molecule has 0 saturated heterocycles. The van der Waals surface area contributed by atoms with E-state index in [0.717, 1.165) is 5.56 Å². The van der Waals surface area contributed by atoms with Crippen molar-refractivity contribution in [1.29, 1.82) is 0 Å². The molecule has 5 heteroatoms. The minimum atomic E-state index is -0.173. The van der Waals surface area contributed by atoms with Gasteiger partial charge < -0.3 is 10.1 Å². The van der Waals surface area contributed by atoms with E-state index in [1.54, 1.807) is 7.11 Å². The Kier molecular flexibility index (Phi) is 6.54. The average Bonchev–Trinajstić information content (AvgIpc) is 2.32. The van der Waals surface area contributed by atoms with Crippen molar-refractivity contribution in [1.82, 2.24) is 5.32 Å². The Bertz CT molecular complexity index is 383. The monoisotopic (exact) mass is 287 g/mol. The van der Waals surface area contributed by atoms with Gasteiger partial charge in [-0.1, -0.05) is 23.7 Å². The third-order valence-electron chi connectivity index (χ3n) is 2.57. The number of benzene rings is 1. The number of carbonyl (C=O) groups excluding carboxylic acids is 1. The first-order chi connectivity index (χ1) is 8.58. The van der Waals surface area contributed by atoms with Crippen molar-refractivity contribution < 1.29 is 9.53 Å². The van der Waals surface area contributed by atoms with Gasteiger partial charge in [0.05, 0.1) is 11.8 Å². The number of carbonyl (C=O) groups is 1. The van der Waals surface area contributed by atoms with Crippen LogP contribution in [0.4, 0.5) is 0 Å². The fraction of sp³-hybridized carbons (Fsp3) is 0.462. The Morgan fingerprint density at radius 1 is 1.44 bits per heavy atom. The maximum absolute atomic E-state index is 11.6. The molecular weight excluding hydrogens is 270 g/mol. The number of nitrogens with one attached hydrogen (secondary N) is 1. The second-order valence-corrected chi connectivity index (χ2v) is 5.30. The van der Waals surface area contributed by atoms with Gasteiger partial charge in [-0.2, -0.15) is 11.8 Å². The summed E-state index contributed by atoms with van der Waals surface area (Å²) in [7, 11) is 1.64. The third-order valence-corrected chi connectivity index (χ3v) is 3.37. The van der Waals surface area contributed by atoms with E-state index in [1.807, 2.05) is 37.4 Å². The van der Waals surface area contributed by atoms with Crippen LogP contribution in [0, 0.1) is 0 Å². The number of hydrogen-bond donors (Lipinski definition) is 1. The molecular formula is C13H18ClNO2S. The normalized spacial score (nSPS) is 14.0. The second kappa shape index (κ2) is 7.67. The van der Waals surface area contributed by atoms with Crippen LogP contribution in [0.5, 0.6) is 0 Å². The largest absolute Gasteiger partial charge is 0.375 e. The standard InChI is InChI=1S/C13H18ClNO2S/c1-9(15-12(16)8-18-3)13(17-2)10-4-6-11(14)7-5-10/h4-7,9,13H,8H2,1-3H3,(H,15,16)/t9-,13-/m0/s1. The van der Waals surface area contributed by atoms with E-state index in [4.69, 9.17) is 16.3 Å². The van der Waals surface area contributed by atoms with E-state index in [1.165, 1.54) is 11.8 Å². The summed E-state index contributed by atoms with van der Waals surface area (Å²) in [6.45, 7) is 1.93. The molecule has 1 amide bonds. The second-order valence-electron chi connectivity index (χ2n) is 4.00. The lowest BCUT2D eigenvalue weighted by Gasteiger charge is -2.24. The Balaban J connectivity index is 2.70. The van der Waals surface area contributed by atoms with Gasteiger partial charge in [-0.25, -0.2) is 0 Å². The molecule has 0 saturated carbocycles. The zero-order valence-corrected chi connectivity index (χ0v) is 12.3. The van der Waals surface area contributed by atoms with E-state index in [9.17, 15) is 4.79 Å². The highest BCUT2D eigenvalue weighted by Gasteiger charge is 2.20. The van der Waals surface area contributed by atoms with Gasteiger partial charge >= 0.3 is 0 Å². The quantitative estimate of drug-likeness (QED) is 0.874. The Labute approximate surface area is 117 Å². The van der Waals surface area contributed by atoms with Crippen molar-refractivity contribution in [2.24, 2.45) is 0 Å². The molecule has 18 heavy (non-hydrogen) atoms. The lowest BCUT2D eigenvalue weighted by atomic mass is 10.0. The van der Waals surface area contributed by atoms with Crippen LogP contribution >= 0.6 is 23.4 Å². The number of ether oxygens (including phenoxy) is 1. The fourth-order valence-corrected chi connectivity index (χ4v) is 2.26.